The lowest BCUT2D eigenvalue weighted by atomic mass is 10.2. The van der Waals surface area contributed by atoms with Gasteiger partial charge in [0.1, 0.15) is 5.82 Å². The van der Waals surface area contributed by atoms with Crippen molar-refractivity contribution in [2.24, 2.45) is 0 Å². The van der Waals surface area contributed by atoms with Gasteiger partial charge >= 0.3 is 0 Å². The highest BCUT2D eigenvalue weighted by Gasteiger charge is 2.19. The van der Waals surface area contributed by atoms with E-state index in [-0.39, 0.29) is 0 Å². The summed E-state index contributed by atoms with van der Waals surface area (Å²) in [5, 5.41) is 3.42. The Labute approximate surface area is 90.7 Å². The number of hydrogen-bond donors (Lipinski definition) is 1. The van der Waals surface area contributed by atoms with E-state index >= 15 is 0 Å². The summed E-state index contributed by atoms with van der Waals surface area (Å²) in [7, 11) is 2.15. The molecule has 1 N–H and O–H groups in total. The summed E-state index contributed by atoms with van der Waals surface area (Å²) in [6, 6.07) is 0.520. The minimum atomic E-state index is 0.520. The van der Waals surface area contributed by atoms with Gasteiger partial charge in [-0.25, -0.2) is 4.98 Å². The Morgan fingerprint density at radius 2 is 2.20 bits per heavy atom. The van der Waals surface area contributed by atoms with Crippen LogP contribution in [0.5, 0.6) is 0 Å². The maximum atomic E-state index is 4.47. The molecule has 4 nitrogen and oxygen atoms in total. The van der Waals surface area contributed by atoms with Gasteiger partial charge in [-0.2, -0.15) is 0 Å². The normalized spacial score (nSPS) is 21.9. The number of likely N-dealkylation sites (N-methyl/N-ethyl adjacent to an activating group) is 1. The van der Waals surface area contributed by atoms with Gasteiger partial charge in [0.2, 0.25) is 0 Å². The number of aryl methyl sites for hydroxylation is 2. The molecule has 0 aromatic carbocycles. The molecular weight excluding hydrogens is 188 g/mol. The quantitative estimate of drug-likeness (QED) is 0.789. The molecule has 0 bridgehead atoms. The number of hydrogen-bond acceptors (Lipinski definition) is 4. The average molecular weight is 206 g/mol. The molecule has 82 valence electrons. The largest absolute Gasteiger partial charge is 0.365 e. The third kappa shape index (κ3) is 2.45. The van der Waals surface area contributed by atoms with E-state index in [9.17, 15) is 0 Å². The fraction of sp³-hybridized carbons (Fsp3) is 0.636. The van der Waals surface area contributed by atoms with Crippen LogP contribution in [-0.4, -0.2) is 41.0 Å². The number of rotatable bonds is 2. The lowest BCUT2D eigenvalue weighted by molar-refractivity contribution is 0.414. The van der Waals surface area contributed by atoms with E-state index in [0.29, 0.717) is 6.04 Å². The van der Waals surface area contributed by atoms with E-state index in [0.717, 1.165) is 30.3 Å². The Morgan fingerprint density at radius 3 is 2.80 bits per heavy atom. The van der Waals surface area contributed by atoms with E-state index in [4.69, 9.17) is 0 Å². The van der Waals surface area contributed by atoms with Gasteiger partial charge in [0.05, 0.1) is 17.6 Å². The average Bonchev–Trinajstić information content (AvgIpc) is 2.58. The molecule has 2 rings (SSSR count). The molecule has 0 amide bonds. The second kappa shape index (κ2) is 4.14. The van der Waals surface area contributed by atoms with Gasteiger partial charge in [-0.1, -0.05) is 0 Å². The second-order valence-corrected chi connectivity index (χ2v) is 4.32. The third-order valence-electron chi connectivity index (χ3n) is 2.94. The van der Waals surface area contributed by atoms with Crippen LogP contribution in [0, 0.1) is 13.8 Å². The first-order valence-corrected chi connectivity index (χ1v) is 5.40. The van der Waals surface area contributed by atoms with Crippen molar-refractivity contribution < 1.29 is 0 Å². The van der Waals surface area contributed by atoms with E-state index in [1.54, 1.807) is 0 Å². The van der Waals surface area contributed by atoms with E-state index in [2.05, 4.69) is 27.2 Å². The first-order chi connectivity index (χ1) is 7.15. The van der Waals surface area contributed by atoms with Crippen LogP contribution in [0.3, 0.4) is 0 Å². The van der Waals surface area contributed by atoms with Crippen molar-refractivity contribution in [2.45, 2.75) is 26.3 Å². The molecule has 4 heteroatoms. The minimum absolute atomic E-state index is 0.520. The number of aromatic nitrogens is 2. The highest BCUT2D eigenvalue weighted by Crippen LogP contribution is 2.13. The number of anilines is 1. The predicted octanol–water partition coefficient (Wildman–Crippen LogP) is 1.21. The molecule has 0 spiro atoms. The van der Waals surface area contributed by atoms with Gasteiger partial charge in [0.15, 0.2) is 0 Å². The van der Waals surface area contributed by atoms with E-state index in [1.807, 2.05) is 20.0 Å². The molecule has 1 aliphatic heterocycles. The van der Waals surface area contributed by atoms with E-state index in [1.165, 1.54) is 6.42 Å². The summed E-state index contributed by atoms with van der Waals surface area (Å²) < 4.78 is 0. The molecular formula is C11H18N4. The Bertz CT molecular complexity index is 350. The Kier molecular flexibility index (Phi) is 2.86. The van der Waals surface area contributed by atoms with Gasteiger partial charge in [-0.05, 0) is 33.9 Å². The zero-order valence-electron chi connectivity index (χ0n) is 9.62. The van der Waals surface area contributed by atoms with Crippen LogP contribution in [0.15, 0.2) is 6.20 Å². The summed E-state index contributed by atoms with van der Waals surface area (Å²) in [5.41, 5.74) is 2.01. The molecule has 1 unspecified atom stereocenters. The van der Waals surface area contributed by atoms with Crippen LogP contribution >= 0.6 is 0 Å². The molecule has 1 aliphatic rings. The zero-order chi connectivity index (χ0) is 10.8. The smallest absolute Gasteiger partial charge is 0.145 e. The summed E-state index contributed by atoms with van der Waals surface area (Å²) in [6.07, 6.45) is 3.01. The van der Waals surface area contributed by atoms with Gasteiger partial charge in [0.25, 0.3) is 0 Å². The Morgan fingerprint density at radius 1 is 1.40 bits per heavy atom. The number of likely N-dealkylation sites (tertiary alicyclic amines) is 1. The standard InChI is InChI=1S/C11H18N4/c1-8-9(2)13-11(6-12-8)14-10-4-5-15(3)7-10/h6,10H,4-5,7H2,1-3H3,(H,13,14). The van der Waals surface area contributed by atoms with Gasteiger partial charge in [-0.15, -0.1) is 0 Å². The van der Waals surface area contributed by atoms with Gasteiger partial charge in [-0.3, -0.25) is 4.98 Å². The highest BCUT2D eigenvalue weighted by atomic mass is 15.2. The van der Waals surface area contributed by atoms with Crippen molar-refractivity contribution in [3.8, 4) is 0 Å². The highest BCUT2D eigenvalue weighted by molar-refractivity contribution is 5.35. The zero-order valence-corrected chi connectivity index (χ0v) is 9.62. The fourth-order valence-electron chi connectivity index (χ4n) is 1.87. The maximum Gasteiger partial charge on any atom is 0.145 e. The molecule has 2 heterocycles. The SMILES string of the molecule is Cc1ncc(NC2CCN(C)C2)nc1C. The lowest BCUT2D eigenvalue weighted by Gasteiger charge is -2.13. The van der Waals surface area contributed by atoms with Gasteiger partial charge < -0.3 is 10.2 Å². The minimum Gasteiger partial charge on any atom is -0.365 e. The third-order valence-corrected chi connectivity index (χ3v) is 2.94. The first kappa shape index (κ1) is 10.4. The topological polar surface area (TPSA) is 41.1 Å². The fourth-order valence-corrected chi connectivity index (χ4v) is 1.87. The summed E-state index contributed by atoms with van der Waals surface area (Å²) in [4.78, 5) is 11.1. The molecule has 1 atom stereocenters. The summed E-state index contributed by atoms with van der Waals surface area (Å²) in [5.74, 6) is 0.901. The number of nitrogens with one attached hydrogen (secondary N) is 1. The van der Waals surface area contributed by atoms with Crippen molar-refractivity contribution in [1.29, 1.82) is 0 Å². The first-order valence-electron chi connectivity index (χ1n) is 5.40. The molecule has 0 radical (unpaired) electrons. The van der Waals surface area contributed by atoms with Crippen LogP contribution in [0.4, 0.5) is 5.82 Å². The summed E-state index contributed by atoms with van der Waals surface area (Å²) in [6.45, 7) is 6.23. The van der Waals surface area contributed by atoms with Crippen LogP contribution < -0.4 is 5.32 Å². The molecule has 1 aromatic rings. The van der Waals surface area contributed by atoms with Crippen molar-refractivity contribution in [1.82, 2.24) is 14.9 Å². The van der Waals surface area contributed by atoms with Crippen LogP contribution in [0.2, 0.25) is 0 Å². The monoisotopic (exact) mass is 206 g/mol. The maximum absolute atomic E-state index is 4.47. The molecule has 0 saturated carbocycles. The second-order valence-electron chi connectivity index (χ2n) is 4.32. The lowest BCUT2D eigenvalue weighted by Crippen LogP contribution is -2.24. The van der Waals surface area contributed by atoms with Crippen molar-refractivity contribution in [3.05, 3.63) is 17.6 Å². The van der Waals surface area contributed by atoms with Crippen molar-refractivity contribution in [3.63, 3.8) is 0 Å². The summed E-state index contributed by atoms with van der Waals surface area (Å²) >= 11 is 0. The Balaban J connectivity index is 2.02. The van der Waals surface area contributed by atoms with Crippen molar-refractivity contribution in [2.75, 3.05) is 25.5 Å². The molecule has 0 aliphatic carbocycles. The molecule has 1 saturated heterocycles. The Hall–Kier alpha value is -1.16. The van der Waals surface area contributed by atoms with Gasteiger partial charge in [0, 0.05) is 12.6 Å². The van der Waals surface area contributed by atoms with Crippen LogP contribution in [0.1, 0.15) is 17.8 Å². The molecule has 1 aromatic heterocycles. The van der Waals surface area contributed by atoms with Crippen LogP contribution in [0.25, 0.3) is 0 Å². The van der Waals surface area contributed by atoms with Crippen LogP contribution in [-0.2, 0) is 0 Å². The van der Waals surface area contributed by atoms with Crippen molar-refractivity contribution >= 4 is 5.82 Å². The molecule has 15 heavy (non-hydrogen) atoms. The number of nitrogens with zero attached hydrogens (tertiary/aromatic N) is 3. The van der Waals surface area contributed by atoms with E-state index < -0.39 is 0 Å². The molecule has 1 fully saturated rings. The predicted molar refractivity (Wildman–Crippen MR) is 61.0 cm³/mol.